The predicted molar refractivity (Wildman–Crippen MR) is 104 cm³/mol. The molecule has 0 radical (unpaired) electrons. The highest BCUT2D eigenvalue weighted by atomic mass is 15.3. The number of likely N-dealkylation sites (N-methyl/N-ethyl adjacent to an activating group) is 1. The third-order valence-electron chi connectivity index (χ3n) is 5.04. The standard InChI is InChI=1S/C18H35N7/c1-6-19-18(20-8-7-17-14-22-24(5)16(17)3)21-13-15(2)25-11-9-23(4)10-12-25/h14-15H,6-13H2,1-5H3,(H2,19,20,21)/t15-/m0/s1. The number of aromatic nitrogens is 2. The Balaban J connectivity index is 1.80. The van der Waals surface area contributed by atoms with Crippen LogP contribution in [0.15, 0.2) is 11.2 Å². The zero-order chi connectivity index (χ0) is 18.2. The Hall–Kier alpha value is -1.60. The number of guanidine groups is 1. The molecule has 0 saturated carbocycles. The summed E-state index contributed by atoms with van der Waals surface area (Å²) in [5, 5.41) is 11.1. The number of aryl methyl sites for hydroxylation is 1. The van der Waals surface area contributed by atoms with Crippen molar-refractivity contribution in [2.75, 3.05) is 52.9 Å². The van der Waals surface area contributed by atoms with E-state index >= 15 is 0 Å². The van der Waals surface area contributed by atoms with Crippen molar-refractivity contribution in [2.24, 2.45) is 12.0 Å². The van der Waals surface area contributed by atoms with Gasteiger partial charge in [0.1, 0.15) is 0 Å². The molecule has 0 aromatic carbocycles. The second-order valence-corrected chi connectivity index (χ2v) is 6.96. The highest BCUT2D eigenvalue weighted by Crippen LogP contribution is 2.06. The Bertz CT molecular complexity index is 544. The minimum absolute atomic E-state index is 0.477. The van der Waals surface area contributed by atoms with Crippen molar-refractivity contribution in [1.29, 1.82) is 0 Å². The first-order valence-corrected chi connectivity index (χ1v) is 9.43. The number of rotatable bonds is 7. The predicted octanol–water partition coefficient (Wildman–Crippen LogP) is 0.462. The molecule has 25 heavy (non-hydrogen) atoms. The normalized spacial score (nSPS) is 18.4. The minimum Gasteiger partial charge on any atom is -0.357 e. The van der Waals surface area contributed by atoms with E-state index in [9.17, 15) is 0 Å². The van der Waals surface area contributed by atoms with Crippen molar-refractivity contribution in [2.45, 2.75) is 33.2 Å². The van der Waals surface area contributed by atoms with Crippen molar-refractivity contribution in [3.63, 3.8) is 0 Å². The van der Waals surface area contributed by atoms with Crippen LogP contribution in [0.5, 0.6) is 0 Å². The van der Waals surface area contributed by atoms with E-state index in [1.807, 2.05) is 17.9 Å². The molecule has 2 heterocycles. The number of hydrogen-bond donors (Lipinski definition) is 2. The van der Waals surface area contributed by atoms with E-state index in [0.29, 0.717) is 6.04 Å². The smallest absolute Gasteiger partial charge is 0.191 e. The van der Waals surface area contributed by atoms with Gasteiger partial charge in [0.15, 0.2) is 5.96 Å². The van der Waals surface area contributed by atoms with Gasteiger partial charge < -0.3 is 15.5 Å². The average Bonchev–Trinajstić information content (AvgIpc) is 2.92. The third-order valence-corrected chi connectivity index (χ3v) is 5.04. The fourth-order valence-electron chi connectivity index (χ4n) is 3.05. The average molecular weight is 350 g/mol. The van der Waals surface area contributed by atoms with Gasteiger partial charge in [-0.05, 0) is 39.8 Å². The topological polar surface area (TPSA) is 60.7 Å². The van der Waals surface area contributed by atoms with Crippen molar-refractivity contribution in [3.05, 3.63) is 17.5 Å². The fraction of sp³-hybridized carbons (Fsp3) is 0.778. The monoisotopic (exact) mass is 349 g/mol. The van der Waals surface area contributed by atoms with Gasteiger partial charge in [0.2, 0.25) is 0 Å². The molecule has 1 aromatic heterocycles. The molecule has 1 aliphatic heterocycles. The van der Waals surface area contributed by atoms with Crippen LogP contribution in [0.1, 0.15) is 25.1 Å². The number of nitrogens with zero attached hydrogens (tertiary/aromatic N) is 5. The molecule has 2 rings (SSSR count). The molecule has 7 heteroatoms. The second kappa shape index (κ2) is 9.77. The van der Waals surface area contributed by atoms with E-state index < -0.39 is 0 Å². The maximum atomic E-state index is 4.78. The summed E-state index contributed by atoms with van der Waals surface area (Å²) in [5.41, 5.74) is 2.52. The molecule has 0 spiro atoms. The first-order chi connectivity index (χ1) is 12.0. The quantitative estimate of drug-likeness (QED) is 0.553. The molecule has 0 unspecified atom stereocenters. The SMILES string of the molecule is CCNC(=NC[C@H](C)N1CCN(C)CC1)NCCc1cnn(C)c1C. The van der Waals surface area contributed by atoms with Gasteiger partial charge in [-0.1, -0.05) is 0 Å². The molecule has 1 saturated heterocycles. The van der Waals surface area contributed by atoms with Crippen LogP contribution in [-0.4, -0.2) is 84.4 Å². The van der Waals surface area contributed by atoms with Gasteiger partial charge in [0.25, 0.3) is 0 Å². The summed E-state index contributed by atoms with van der Waals surface area (Å²) in [6, 6.07) is 0.477. The van der Waals surface area contributed by atoms with Crippen LogP contribution in [0.2, 0.25) is 0 Å². The summed E-state index contributed by atoms with van der Waals surface area (Å²) in [7, 11) is 4.18. The van der Waals surface area contributed by atoms with Gasteiger partial charge in [0.05, 0.1) is 12.7 Å². The largest absolute Gasteiger partial charge is 0.357 e. The van der Waals surface area contributed by atoms with Crippen molar-refractivity contribution in [3.8, 4) is 0 Å². The maximum absolute atomic E-state index is 4.78. The van der Waals surface area contributed by atoms with E-state index in [-0.39, 0.29) is 0 Å². The summed E-state index contributed by atoms with van der Waals surface area (Å²) in [6.07, 6.45) is 2.91. The molecule has 1 fully saturated rings. The first kappa shape index (κ1) is 19.7. The van der Waals surface area contributed by atoms with Crippen molar-refractivity contribution in [1.82, 2.24) is 30.2 Å². The second-order valence-electron chi connectivity index (χ2n) is 6.96. The van der Waals surface area contributed by atoms with Crippen LogP contribution in [0.4, 0.5) is 0 Å². The van der Waals surface area contributed by atoms with Crippen LogP contribution >= 0.6 is 0 Å². The number of hydrogen-bond acceptors (Lipinski definition) is 4. The van der Waals surface area contributed by atoms with Gasteiger partial charge in [-0.3, -0.25) is 14.6 Å². The Labute approximate surface area is 152 Å². The lowest BCUT2D eigenvalue weighted by atomic mass is 10.2. The Morgan fingerprint density at radius 3 is 2.56 bits per heavy atom. The number of aliphatic imine (C=N–C) groups is 1. The molecular formula is C18H35N7. The van der Waals surface area contributed by atoms with Gasteiger partial charge in [-0.15, -0.1) is 0 Å². The molecule has 0 bridgehead atoms. The van der Waals surface area contributed by atoms with Gasteiger partial charge in [-0.2, -0.15) is 5.10 Å². The zero-order valence-electron chi connectivity index (χ0n) is 16.5. The third kappa shape index (κ3) is 6.01. The summed E-state index contributed by atoms with van der Waals surface area (Å²) in [6.45, 7) is 13.6. The van der Waals surface area contributed by atoms with Crippen LogP contribution in [0, 0.1) is 6.92 Å². The lowest BCUT2D eigenvalue weighted by Gasteiger charge is -2.35. The van der Waals surface area contributed by atoms with E-state index in [1.165, 1.54) is 11.3 Å². The van der Waals surface area contributed by atoms with E-state index in [1.54, 1.807) is 0 Å². The van der Waals surface area contributed by atoms with Gasteiger partial charge in [-0.25, -0.2) is 0 Å². The van der Waals surface area contributed by atoms with Crippen LogP contribution in [-0.2, 0) is 13.5 Å². The first-order valence-electron chi connectivity index (χ1n) is 9.43. The Morgan fingerprint density at radius 2 is 1.96 bits per heavy atom. The molecule has 7 nitrogen and oxygen atoms in total. The Kier molecular flexibility index (Phi) is 7.71. The molecule has 2 N–H and O–H groups in total. The molecule has 1 aliphatic rings. The highest BCUT2D eigenvalue weighted by molar-refractivity contribution is 5.79. The fourth-order valence-corrected chi connectivity index (χ4v) is 3.05. The molecule has 0 aliphatic carbocycles. The molecule has 0 amide bonds. The van der Waals surface area contributed by atoms with Crippen molar-refractivity contribution >= 4 is 5.96 Å². The number of piperazine rings is 1. The number of nitrogens with one attached hydrogen (secondary N) is 2. The van der Waals surface area contributed by atoms with Crippen LogP contribution in [0.3, 0.4) is 0 Å². The zero-order valence-corrected chi connectivity index (χ0v) is 16.5. The summed E-state index contributed by atoms with van der Waals surface area (Å²) >= 11 is 0. The summed E-state index contributed by atoms with van der Waals surface area (Å²) in [5.74, 6) is 0.907. The van der Waals surface area contributed by atoms with Gasteiger partial charge in [0, 0.05) is 58.1 Å². The molecule has 1 aromatic rings. The lowest BCUT2D eigenvalue weighted by molar-refractivity contribution is 0.122. The van der Waals surface area contributed by atoms with Crippen LogP contribution < -0.4 is 10.6 Å². The maximum Gasteiger partial charge on any atom is 0.191 e. The summed E-state index contributed by atoms with van der Waals surface area (Å²) < 4.78 is 1.92. The minimum atomic E-state index is 0.477. The van der Waals surface area contributed by atoms with Gasteiger partial charge >= 0.3 is 0 Å². The van der Waals surface area contributed by atoms with E-state index in [4.69, 9.17) is 4.99 Å². The highest BCUT2D eigenvalue weighted by Gasteiger charge is 2.18. The molecular weight excluding hydrogens is 314 g/mol. The molecule has 1 atom stereocenters. The van der Waals surface area contributed by atoms with Crippen LogP contribution in [0.25, 0.3) is 0 Å². The summed E-state index contributed by atoms with van der Waals surface area (Å²) in [4.78, 5) is 9.71. The lowest BCUT2D eigenvalue weighted by Crippen LogP contribution is -2.49. The van der Waals surface area contributed by atoms with E-state index in [0.717, 1.165) is 58.2 Å². The molecule has 142 valence electrons. The van der Waals surface area contributed by atoms with Crippen molar-refractivity contribution < 1.29 is 0 Å². The van der Waals surface area contributed by atoms with E-state index in [2.05, 4.69) is 53.4 Å². The Morgan fingerprint density at radius 1 is 1.24 bits per heavy atom.